The van der Waals surface area contributed by atoms with E-state index >= 15 is 0 Å². The molecule has 0 N–H and O–H groups in total. The van der Waals surface area contributed by atoms with Gasteiger partial charge in [0.25, 0.3) is 0 Å². The van der Waals surface area contributed by atoms with E-state index in [0.717, 1.165) is 19.5 Å². The number of nitrogens with zero attached hydrogens (tertiary/aromatic N) is 1. The number of esters is 1. The van der Waals surface area contributed by atoms with Crippen LogP contribution in [0.15, 0.2) is 54.1 Å². The van der Waals surface area contributed by atoms with Crippen molar-refractivity contribution in [2.24, 2.45) is 5.92 Å². The van der Waals surface area contributed by atoms with Gasteiger partial charge in [-0.3, -0.25) is 4.90 Å². The van der Waals surface area contributed by atoms with Gasteiger partial charge in [0.05, 0.1) is 7.11 Å². The van der Waals surface area contributed by atoms with Crippen LogP contribution in [0.4, 0.5) is 0 Å². The summed E-state index contributed by atoms with van der Waals surface area (Å²) in [5, 5.41) is 0. The number of carbonyl (C=O) groups excluding carboxylic acids is 1. The Hall–Kier alpha value is -1.87. The van der Waals surface area contributed by atoms with E-state index in [4.69, 9.17) is 4.74 Å². The van der Waals surface area contributed by atoms with E-state index in [0.29, 0.717) is 5.92 Å². The largest absolute Gasteiger partial charge is 0.466 e. The summed E-state index contributed by atoms with van der Waals surface area (Å²) in [5.74, 6) is 0.320. The zero-order chi connectivity index (χ0) is 18.3. The van der Waals surface area contributed by atoms with Crippen molar-refractivity contribution in [2.45, 2.75) is 52.1 Å². The lowest BCUT2D eigenvalue weighted by Gasteiger charge is -2.45. The summed E-state index contributed by atoms with van der Waals surface area (Å²) in [7, 11) is 1.41. The predicted molar refractivity (Wildman–Crippen MR) is 103 cm³/mol. The fourth-order valence-corrected chi connectivity index (χ4v) is 3.52. The fourth-order valence-electron chi connectivity index (χ4n) is 3.52. The molecule has 1 aliphatic rings. The van der Waals surface area contributed by atoms with Crippen molar-refractivity contribution >= 4 is 5.97 Å². The second-order valence-electron chi connectivity index (χ2n) is 7.47. The van der Waals surface area contributed by atoms with Crippen LogP contribution in [-0.4, -0.2) is 30.1 Å². The molecule has 136 valence electrons. The second-order valence-corrected chi connectivity index (χ2v) is 7.47. The monoisotopic (exact) mass is 341 g/mol. The van der Waals surface area contributed by atoms with E-state index in [1.165, 1.54) is 37.2 Å². The van der Waals surface area contributed by atoms with E-state index in [1.54, 1.807) is 0 Å². The topological polar surface area (TPSA) is 29.5 Å². The van der Waals surface area contributed by atoms with Gasteiger partial charge < -0.3 is 4.74 Å². The number of benzene rings is 1. The Kier molecular flexibility index (Phi) is 7.01. The van der Waals surface area contributed by atoms with Crippen molar-refractivity contribution in [1.29, 1.82) is 0 Å². The molecular formula is C22H31NO2. The average molecular weight is 341 g/mol. The van der Waals surface area contributed by atoms with Crippen LogP contribution >= 0.6 is 0 Å². The number of ether oxygens (including phenoxy) is 1. The maximum atomic E-state index is 11.4. The van der Waals surface area contributed by atoms with Crippen molar-refractivity contribution in [2.75, 3.05) is 13.7 Å². The molecule has 0 saturated heterocycles. The predicted octanol–water partition coefficient (Wildman–Crippen LogP) is 4.74. The summed E-state index contributed by atoms with van der Waals surface area (Å²) < 4.78 is 4.71. The molecule has 0 heterocycles. The van der Waals surface area contributed by atoms with E-state index in [2.05, 4.69) is 56.0 Å². The lowest BCUT2D eigenvalue weighted by Crippen LogP contribution is -2.49. The minimum atomic E-state index is -0.298. The zero-order valence-electron chi connectivity index (χ0n) is 16.0. The van der Waals surface area contributed by atoms with Crippen molar-refractivity contribution in [3.05, 3.63) is 59.7 Å². The minimum Gasteiger partial charge on any atom is -0.466 e. The molecule has 2 rings (SSSR count). The molecule has 0 bridgehead atoms. The molecule has 1 atom stereocenters. The summed E-state index contributed by atoms with van der Waals surface area (Å²) in [5.41, 5.74) is 2.85. The Balaban J connectivity index is 2.16. The molecule has 0 spiro atoms. The number of allylic oxidation sites excluding steroid dienone is 2. The Labute approximate surface area is 152 Å². The van der Waals surface area contributed by atoms with Gasteiger partial charge >= 0.3 is 5.97 Å². The molecular weight excluding hydrogens is 310 g/mol. The molecule has 0 aromatic heterocycles. The SMILES string of the molecule is COC(=O)/C=C/CN(Cc1ccccc1)C(C)(C)C1CC=C(C)CC1. The highest BCUT2D eigenvalue weighted by molar-refractivity contribution is 5.81. The molecule has 0 radical (unpaired) electrons. The van der Waals surface area contributed by atoms with E-state index in [9.17, 15) is 4.79 Å². The van der Waals surface area contributed by atoms with Crippen LogP contribution in [0, 0.1) is 5.92 Å². The Bertz CT molecular complexity index is 616. The van der Waals surface area contributed by atoms with Crippen molar-refractivity contribution < 1.29 is 9.53 Å². The molecule has 0 aliphatic heterocycles. The highest BCUT2D eigenvalue weighted by Crippen LogP contribution is 2.36. The van der Waals surface area contributed by atoms with Crippen LogP contribution in [-0.2, 0) is 16.1 Å². The second kappa shape index (κ2) is 9.00. The van der Waals surface area contributed by atoms with Crippen LogP contribution in [0.1, 0.15) is 45.6 Å². The molecule has 3 heteroatoms. The molecule has 3 nitrogen and oxygen atoms in total. The first-order valence-electron chi connectivity index (χ1n) is 9.12. The van der Waals surface area contributed by atoms with Gasteiger partial charge in [0.2, 0.25) is 0 Å². The molecule has 0 fully saturated rings. The highest BCUT2D eigenvalue weighted by atomic mass is 16.5. The third-order valence-corrected chi connectivity index (χ3v) is 5.45. The maximum Gasteiger partial charge on any atom is 0.330 e. The summed E-state index contributed by atoms with van der Waals surface area (Å²) in [6.07, 6.45) is 9.37. The Morgan fingerprint density at radius 1 is 1.32 bits per heavy atom. The average Bonchev–Trinajstić information content (AvgIpc) is 2.62. The van der Waals surface area contributed by atoms with Crippen LogP contribution in [0.25, 0.3) is 0 Å². The third-order valence-electron chi connectivity index (χ3n) is 5.45. The van der Waals surface area contributed by atoms with Gasteiger partial charge in [-0.25, -0.2) is 4.79 Å². The first-order valence-corrected chi connectivity index (χ1v) is 9.12. The van der Waals surface area contributed by atoms with E-state index in [1.807, 2.05) is 12.1 Å². The highest BCUT2D eigenvalue weighted by Gasteiger charge is 2.35. The zero-order valence-corrected chi connectivity index (χ0v) is 16.0. The van der Waals surface area contributed by atoms with Crippen LogP contribution in [0.2, 0.25) is 0 Å². The van der Waals surface area contributed by atoms with E-state index in [-0.39, 0.29) is 11.5 Å². The Morgan fingerprint density at radius 2 is 2.04 bits per heavy atom. The summed E-state index contributed by atoms with van der Waals surface area (Å²) >= 11 is 0. The van der Waals surface area contributed by atoms with Gasteiger partial charge in [-0.15, -0.1) is 0 Å². The molecule has 0 amide bonds. The standard InChI is InChI=1S/C22H31NO2/c1-18-12-14-20(15-13-18)22(2,3)23(16-8-11-21(24)25-4)17-19-9-6-5-7-10-19/h5-12,20H,13-17H2,1-4H3/b11-8+. The fraction of sp³-hybridized carbons (Fsp3) is 0.500. The van der Waals surface area contributed by atoms with Crippen LogP contribution in [0.5, 0.6) is 0 Å². The molecule has 1 unspecified atom stereocenters. The van der Waals surface area contributed by atoms with Crippen molar-refractivity contribution in [1.82, 2.24) is 4.90 Å². The molecule has 1 aromatic carbocycles. The van der Waals surface area contributed by atoms with Gasteiger partial charge in [-0.2, -0.15) is 0 Å². The lowest BCUT2D eigenvalue weighted by atomic mass is 9.76. The van der Waals surface area contributed by atoms with Crippen LogP contribution in [0.3, 0.4) is 0 Å². The van der Waals surface area contributed by atoms with Gasteiger partial charge in [0.1, 0.15) is 0 Å². The van der Waals surface area contributed by atoms with E-state index < -0.39 is 0 Å². The van der Waals surface area contributed by atoms with Gasteiger partial charge in [-0.05, 0) is 51.5 Å². The summed E-state index contributed by atoms with van der Waals surface area (Å²) in [6, 6.07) is 10.5. The molecule has 25 heavy (non-hydrogen) atoms. The van der Waals surface area contributed by atoms with Crippen molar-refractivity contribution in [3.8, 4) is 0 Å². The molecule has 1 aliphatic carbocycles. The first-order chi connectivity index (χ1) is 11.9. The number of rotatable bonds is 7. The molecule has 1 aromatic rings. The third kappa shape index (κ3) is 5.57. The Morgan fingerprint density at radius 3 is 2.64 bits per heavy atom. The smallest absolute Gasteiger partial charge is 0.330 e. The first kappa shape index (κ1) is 19.5. The van der Waals surface area contributed by atoms with Gasteiger partial charge in [-0.1, -0.05) is 48.1 Å². The number of hydrogen-bond acceptors (Lipinski definition) is 3. The number of carbonyl (C=O) groups is 1. The minimum absolute atomic E-state index is 0.0491. The summed E-state index contributed by atoms with van der Waals surface area (Å²) in [4.78, 5) is 13.9. The van der Waals surface area contributed by atoms with Crippen molar-refractivity contribution in [3.63, 3.8) is 0 Å². The quantitative estimate of drug-likeness (QED) is 0.407. The van der Waals surface area contributed by atoms with Gasteiger partial charge in [0, 0.05) is 24.7 Å². The number of methoxy groups -OCH3 is 1. The maximum absolute atomic E-state index is 11.4. The normalized spacial score (nSPS) is 18.4. The number of hydrogen-bond donors (Lipinski definition) is 0. The molecule has 0 saturated carbocycles. The lowest BCUT2D eigenvalue weighted by molar-refractivity contribution is -0.134. The van der Waals surface area contributed by atoms with Crippen LogP contribution < -0.4 is 0 Å². The van der Waals surface area contributed by atoms with Gasteiger partial charge in [0.15, 0.2) is 0 Å². The summed E-state index contributed by atoms with van der Waals surface area (Å²) in [6.45, 7) is 8.50.